The molecule has 0 radical (unpaired) electrons. The van der Waals surface area contributed by atoms with Gasteiger partial charge in [-0.05, 0) is 54.0 Å². The smallest absolute Gasteiger partial charge is 0.154 e. The average molecular weight is 495 g/mol. The molecular formula is C25H24Cl2N6O. The molecule has 3 aromatic heterocycles. The number of halogens is 2. The summed E-state index contributed by atoms with van der Waals surface area (Å²) < 4.78 is 1.94. The topological polar surface area (TPSA) is 92.6 Å². The van der Waals surface area contributed by atoms with Crippen molar-refractivity contribution in [1.29, 1.82) is 0 Å². The summed E-state index contributed by atoms with van der Waals surface area (Å²) in [7, 11) is 0. The third-order valence-electron chi connectivity index (χ3n) is 7.49. The van der Waals surface area contributed by atoms with Gasteiger partial charge in [-0.1, -0.05) is 29.3 Å². The number of aliphatic hydroxyl groups excluding tert-OH is 1. The van der Waals surface area contributed by atoms with E-state index in [9.17, 15) is 5.11 Å². The summed E-state index contributed by atoms with van der Waals surface area (Å²) in [5.74, 6) is 1.44. The van der Waals surface area contributed by atoms with E-state index in [4.69, 9.17) is 38.9 Å². The van der Waals surface area contributed by atoms with Crippen molar-refractivity contribution in [2.75, 3.05) is 18.0 Å². The summed E-state index contributed by atoms with van der Waals surface area (Å²) in [6, 6.07) is 7.56. The zero-order valence-corrected chi connectivity index (χ0v) is 20.0. The van der Waals surface area contributed by atoms with Crippen molar-refractivity contribution < 1.29 is 5.11 Å². The predicted octanol–water partition coefficient (Wildman–Crippen LogP) is 4.43. The molecule has 3 N–H and O–H groups in total. The van der Waals surface area contributed by atoms with Gasteiger partial charge in [0.1, 0.15) is 11.3 Å². The zero-order valence-electron chi connectivity index (χ0n) is 18.5. The Morgan fingerprint density at radius 1 is 1.15 bits per heavy atom. The molecular weight excluding hydrogens is 471 g/mol. The lowest BCUT2D eigenvalue weighted by molar-refractivity contribution is 0.187. The fourth-order valence-electron chi connectivity index (χ4n) is 5.65. The summed E-state index contributed by atoms with van der Waals surface area (Å²) in [6.45, 7) is 1.45. The molecule has 6 rings (SSSR count). The number of fused-ring (bicyclic) bond motifs is 2. The molecule has 1 aliphatic heterocycles. The molecule has 1 aromatic carbocycles. The highest BCUT2D eigenvalue weighted by atomic mass is 35.5. The van der Waals surface area contributed by atoms with E-state index >= 15 is 0 Å². The molecule has 1 aliphatic carbocycles. The molecule has 1 fully saturated rings. The fourth-order valence-corrected chi connectivity index (χ4v) is 6.03. The second-order valence-electron chi connectivity index (χ2n) is 9.19. The van der Waals surface area contributed by atoms with Gasteiger partial charge in [-0.25, -0.2) is 9.97 Å². The van der Waals surface area contributed by atoms with Gasteiger partial charge in [-0.15, -0.1) is 0 Å². The van der Waals surface area contributed by atoms with Gasteiger partial charge in [0.15, 0.2) is 5.82 Å². The Hall–Kier alpha value is -2.71. The van der Waals surface area contributed by atoms with Crippen LogP contribution in [0.4, 0.5) is 5.82 Å². The van der Waals surface area contributed by atoms with E-state index in [0.29, 0.717) is 27.1 Å². The Balaban J connectivity index is 1.36. The molecule has 174 valence electrons. The molecule has 0 amide bonds. The van der Waals surface area contributed by atoms with Crippen LogP contribution in [-0.2, 0) is 13.0 Å². The largest absolute Gasteiger partial charge is 0.390 e. The maximum atomic E-state index is 10.1. The van der Waals surface area contributed by atoms with Crippen LogP contribution in [0.25, 0.3) is 16.9 Å². The molecule has 4 aromatic rings. The summed E-state index contributed by atoms with van der Waals surface area (Å²) in [5.41, 5.74) is 11.3. The van der Waals surface area contributed by atoms with Gasteiger partial charge in [0, 0.05) is 49.5 Å². The molecule has 0 bridgehead atoms. The number of benzene rings is 1. The van der Waals surface area contributed by atoms with E-state index in [-0.39, 0.29) is 18.1 Å². The average Bonchev–Trinajstić information content (AvgIpc) is 3.37. The minimum absolute atomic E-state index is 0.00152. The highest BCUT2D eigenvalue weighted by Gasteiger charge is 2.46. The number of imidazole rings is 1. The van der Waals surface area contributed by atoms with Crippen molar-refractivity contribution >= 4 is 34.5 Å². The molecule has 7 nitrogen and oxygen atoms in total. The van der Waals surface area contributed by atoms with Crippen molar-refractivity contribution in [3.8, 4) is 11.4 Å². The molecule has 34 heavy (non-hydrogen) atoms. The lowest BCUT2D eigenvalue weighted by atomic mass is 9.73. The fraction of sp³-hybridized carbons (Fsp3) is 0.320. The van der Waals surface area contributed by atoms with E-state index in [2.05, 4.69) is 16.0 Å². The van der Waals surface area contributed by atoms with Crippen LogP contribution in [0.5, 0.6) is 0 Å². The van der Waals surface area contributed by atoms with Crippen LogP contribution < -0.4 is 10.6 Å². The molecule has 0 saturated carbocycles. The standard InChI is InChI=1S/C25H24Cl2N6O/c26-18-3-1-2-16(20(18)27)23-31-19(14-34)21-24(30-8-11-33(21)23)32-9-5-25(6-10-32)12-15-4-7-29-13-17(15)22(25)28/h1-4,7-8,11,13,22,34H,5-6,9-10,12,14,28H2. The van der Waals surface area contributed by atoms with Gasteiger partial charge < -0.3 is 15.7 Å². The van der Waals surface area contributed by atoms with Crippen LogP contribution in [0.2, 0.25) is 10.0 Å². The quantitative estimate of drug-likeness (QED) is 0.437. The van der Waals surface area contributed by atoms with Crippen molar-refractivity contribution in [2.24, 2.45) is 11.1 Å². The Kier molecular flexibility index (Phi) is 5.26. The second kappa shape index (κ2) is 8.20. The Morgan fingerprint density at radius 2 is 1.97 bits per heavy atom. The number of nitrogens with two attached hydrogens (primary N) is 1. The molecule has 2 aliphatic rings. The first-order chi connectivity index (χ1) is 16.5. The van der Waals surface area contributed by atoms with Crippen molar-refractivity contribution in [3.63, 3.8) is 0 Å². The molecule has 9 heteroatoms. The Labute approximate surface area is 207 Å². The Bertz CT molecular complexity index is 1400. The first-order valence-electron chi connectivity index (χ1n) is 11.4. The Morgan fingerprint density at radius 3 is 2.74 bits per heavy atom. The third-order valence-corrected chi connectivity index (χ3v) is 8.31. The summed E-state index contributed by atoms with van der Waals surface area (Å²) >= 11 is 12.8. The molecule has 1 atom stereocenters. The number of aromatic nitrogens is 4. The van der Waals surface area contributed by atoms with Gasteiger partial charge in [-0.2, -0.15) is 0 Å². The van der Waals surface area contributed by atoms with E-state index in [1.54, 1.807) is 12.3 Å². The van der Waals surface area contributed by atoms with Crippen molar-refractivity contribution in [2.45, 2.75) is 31.9 Å². The van der Waals surface area contributed by atoms with Gasteiger partial charge in [0.25, 0.3) is 0 Å². The lowest BCUT2D eigenvalue weighted by Gasteiger charge is -2.42. The normalized spacial score (nSPS) is 19.2. The number of piperidine rings is 1. The van der Waals surface area contributed by atoms with Crippen LogP contribution in [0, 0.1) is 5.41 Å². The minimum Gasteiger partial charge on any atom is -0.390 e. The number of nitrogens with zero attached hydrogens (tertiary/aromatic N) is 5. The number of hydrogen-bond donors (Lipinski definition) is 2. The third kappa shape index (κ3) is 3.22. The number of pyridine rings is 1. The lowest BCUT2D eigenvalue weighted by Crippen LogP contribution is -2.44. The van der Waals surface area contributed by atoms with Crippen LogP contribution in [0.1, 0.15) is 35.7 Å². The van der Waals surface area contributed by atoms with Gasteiger partial charge in [-0.3, -0.25) is 9.38 Å². The second-order valence-corrected chi connectivity index (χ2v) is 9.97. The van der Waals surface area contributed by atoms with Crippen molar-refractivity contribution in [1.82, 2.24) is 19.4 Å². The number of anilines is 1. The van der Waals surface area contributed by atoms with Crippen LogP contribution in [-0.4, -0.2) is 37.5 Å². The van der Waals surface area contributed by atoms with Crippen LogP contribution in [0.15, 0.2) is 49.1 Å². The van der Waals surface area contributed by atoms with Gasteiger partial charge in [0.05, 0.1) is 22.3 Å². The summed E-state index contributed by atoms with van der Waals surface area (Å²) in [4.78, 5) is 16.0. The highest BCUT2D eigenvalue weighted by molar-refractivity contribution is 6.43. The molecule has 1 unspecified atom stereocenters. The molecule has 1 spiro atoms. The highest BCUT2D eigenvalue weighted by Crippen LogP contribution is 2.51. The van der Waals surface area contributed by atoms with E-state index in [0.717, 1.165) is 43.7 Å². The predicted molar refractivity (Wildman–Crippen MR) is 133 cm³/mol. The summed E-state index contributed by atoms with van der Waals surface area (Å²) in [6.07, 6.45) is 10.3. The monoisotopic (exact) mass is 494 g/mol. The van der Waals surface area contributed by atoms with Gasteiger partial charge in [0.2, 0.25) is 0 Å². The minimum atomic E-state index is -0.203. The molecule has 4 heterocycles. The summed E-state index contributed by atoms with van der Waals surface area (Å²) in [5, 5.41) is 11.0. The van der Waals surface area contributed by atoms with Gasteiger partial charge >= 0.3 is 0 Å². The number of hydrogen-bond acceptors (Lipinski definition) is 6. The maximum Gasteiger partial charge on any atom is 0.154 e. The van der Waals surface area contributed by atoms with E-state index in [1.165, 1.54) is 11.1 Å². The maximum absolute atomic E-state index is 10.1. The SMILES string of the molecule is NC1c2cnccc2CC12CCN(c1nccn3c(-c4cccc(Cl)c4Cl)nc(CO)c13)CC2. The van der Waals surface area contributed by atoms with Crippen LogP contribution >= 0.6 is 23.2 Å². The zero-order chi connectivity index (χ0) is 23.4. The molecule has 1 saturated heterocycles. The number of aliphatic hydroxyl groups is 1. The van der Waals surface area contributed by atoms with Crippen molar-refractivity contribution in [3.05, 3.63) is 75.9 Å². The van der Waals surface area contributed by atoms with Crippen LogP contribution in [0.3, 0.4) is 0 Å². The number of rotatable bonds is 3. The first kappa shape index (κ1) is 21.8. The first-order valence-corrected chi connectivity index (χ1v) is 12.1. The van der Waals surface area contributed by atoms with E-state index in [1.807, 2.05) is 35.1 Å². The van der Waals surface area contributed by atoms with E-state index < -0.39 is 0 Å².